The fourth-order valence-corrected chi connectivity index (χ4v) is 7.84. The van der Waals surface area contributed by atoms with Crippen molar-refractivity contribution in [2.45, 2.75) is 20.8 Å². The van der Waals surface area contributed by atoms with Gasteiger partial charge in [-0.2, -0.15) is 5.10 Å². The Balaban J connectivity index is 1.08. The molecule has 0 aliphatic carbocycles. The van der Waals surface area contributed by atoms with E-state index in [4.69, 9.17) is 32.7 Å². The fourth-order valence-electron chi connectivity index (χ4n) is 4.85. The monoisotopic (exact) mass is 715 g/mol. The number of fused-ring (bicyclic) bond motifs is 2. The molecule has 6 rings (SSSR count). The number of nitrogens with one attached hydrogen (secondary N) is 2. The Bertz CT molecular complexity index is 2240. The predicted molar refractivity (Wildman–Crippen MR) is 195 cm³/mol. The van der Waals surface area contributed by atoms with E-state index >= 15 is 0 Å². The minimum Gasteiger partial charge on any atom is -0.490 e. The van der Waals surface area contributed by atoms with Crippen molar-refractivity contribution < 1.29 is 23.9 Å². The molecule has 2 aromatic heterocycles. The molecule has 0 bridgehead atoms. The fraction of sp³-hybridized carbons (Fsp3) is 0.111. The third kappa shape index (κ3) is 7.07. The molecule has 0 saturated heterocycles. The molecule has 0 aliphatic heterocycles. The van der Waals surface area contributed by atoms with Gasteiger partial charge in [-0.05, 0) is 92.1 Å². The number of thiophene rings is 2. The number of nitrogens with zero attached hydrogens (tertiary/aromatic N) is 1. The van der Waals surface area contributed by atoms with Crippen LogP contribution in [0.15, 0.2) is 84.0 Å². The van der Waals surface area contributed by atoms with Gasteiger partial charge in [-0.15, -0.1) is 22.7 Å². The van der Waals surface area contributed by atoms with Gasteiger partial charge in [-0.3, -0.25) is 9.59 Å². The number of rotatable bonds is 9. The smallest absolute Gasteiger partial charge is 0.355 e. The van der Waals surface area contributed by atoms with Crippen molar-refractivity contribution in [1.82, 2.24) is 5.43 Å². The standard InChI is InChI=1S/C36H27Cl2N3O5S2/c1-4-45-27-17-21(7-14-26(27)46-36(44)33-31(38)25-13-6-20(3)16-29(25)48-33)18-39-41-34(42)22-8-10-23(11-9-22)40-35(43)32-30(37)24-12-5-19(2)15-28(24)47-32/h5-18H,4H2,1-3H3,(H,40,43)(H,41,42)/b39-18-. The first-order valence-corrected chi connectivity index (χ1v) is 17.1. The number of ether oxygens (including phenoxy) is 2. The van der Waals surface area contributed by atoms with Gasteiger partial charge in [0.2, 0.25) is 0 Å². The first kappa shape index (κ1) is 33.2. The molecular weight excluding hydrogens is 689 g/mol. The summed E-state index contributed by atoms with van der Waals surface area (Å²) < 4.78 is 13.2. The first-order valence-electron chi connectivity index (χ1n) is 14.7. The summed E-state index contributed by atoms with van der Waals surface area (Å²) in [5.41, 5.74) is 6.09. The summed E-state index contributed by atoms with van der Waals surface area (Å²) in [6, 6.07) is 23.0. The Labute approximate surface area is 293 Å². The third-order valence-electron chi connectivity index (χ3n) is 7.22. The van der Waals surface area contributed by atoms with Crippen LogP contribution in [0.3, 0.4) is 0 Å². The minimum absolute atomic E-state index is 0.227. The van der Waals surface area contributed by atoms with Crippen molar-refractivity contribution in [2.24, 2.45) is 5.10 Å². The second-order valence-corrected chi connectivity index (χ2v) is 13.6. The molecule has 2 amide bonds. The highest BCUT2D eigenvalue weighted by molar-refractivity contribution is 7.22. The predicted octanol–water partition coefficient (Wildman–Crippen LogP) is 9.67. The Hall–Kier alpha value is -4.74. The molecule has 0 radical (unpaired) electrons. The summed E-state index contributed by atoms with van der Waals surface area (Å²) in [6.45, 7) is 6.10. The van der Waals surface area contributed by atoms with Crippen molar-refractivity contribution >= 4 is 95.7 Å². The molecule has 242 valence electrons. The van der Waals surface area contributed by atoms with Crippen molar-refractivity contribution in [3.8, 4) is 11.5 Å². The molecule has 0 atom stereocenters. The lowest BCUT2D eigenvalue weighted by Crippen LogP contribution is -2.17. The second-order valence-electron chi connectivity index (χ2n) is 10.7. The molecular formula is C36H27Cl2N3O5S2. The molecule has 0 spiro atoms. The highest BCUT2D eigenvalue weighted by atomic mass is 35.5. The van der Waals surface area contributed by atoms with Gasteiger partial charge >= 0.3 is 5.97 Å². The van der Waals surface area contributed by atoms with E-state index < -0.39 is 11.9 Å². The van der Waals surface area contributed by atoms with E-state index in [1.807, 2.05) is 57.2 Å². The van der Waals surface area contributed by atoms with E-state index in [0.717, 1.165) is 31.3 Å². The topological polar surface area (TPSA) is 106 Å². The first-order chi connectivity index (χ1) is 23.1. The van der Waals surface area contributed by atoms with E-state index in [1.54, 1.807) is 42.5 Å². The van der Waals surface area contributed by atoms with Gasteiger partial charge in [0.25, 0.3) is 11.8 Å². The van der Waals surface area contributed by atoms with Crippen LogP contribution in [0.5, 0.6) is 11.5 Å². The third-order valence-corrected chi connectivity index (χ3v) is 10.5. The lowest BCUT2D eigenvalue weighted by atomic mass is 10.2. The van der Waals surface area contributed by atoms with E-state index in [1.165, 1.54) is 28.9 Å². The zero-order chi connectivity index (χ0) is 33.9. The zero-order valence-electron chi connectivity index (χ0n) is 25.9. The van der Waals surface area contributed by atoms with Crippen LogP contribution in [0.1, 0.15) is 53.3 Å². The lowest BCUT2D eigenvalue weighted by molar-refractivity contribution is 0.0733. The van der Waals surface area contributed by atoms with Crippen LogP contribution < -0.4 is 20.2 Å². The van der Waals surface area contributed by atoms with Crippen molar-refractivity contribution in [3.63, 3.8) is 0 Å². The van der Waals surface area contributed by atoms with Crippen LogP contribution in [0.2, 0.25) is 10.0 Å². The number of carbonyl (C=O) groups excluding carboxylic acids is 3. The van der Waals surface area contributed by atoms with Crippen LogP contribution >= 0.6 is 45.9 Å². The Morgan fingerprint density at radius 3 is 2.04 bits per heavy atom. The van der Waals surface area contributed by atoms with Gasteiger partial charge in [-0.1, -0.05) is 47.5 Å². The summed E-state index contributed by atoms with van der Waals surface area (Å²) in [4.78, 5) is 39.4. The summed E-state index contributed by atoms with van der Waals surface area (Å²) in [5.74, 6) is -0.800. The maximum absolute atomic E-state index is 13.1. The molecule has 48 heavy (non-hydrogen) atoms. The van der Waals surface area contributed by atoms with E-state index in [0.29, 0.717) is 49.0 Å². The van der Waals surface area contributed by atoms with Crippen molar-refractivity contribution in [1.29, 1.82) is 0 Å². The van der Waals surface area contributed by atoms with Gasteiger partial charge < -0.3 is 14.8 Å². The molecule has 0 unspecified atom stereocenters. The number of hydrazone groups is 1. The van der Waals surface area contributed by atoms with E-state index in [9.17, 15) is 14.4 Å². The number of halogens is 2. The second kappa shape index (κ2) is 14.2. The normalized spacial score (nSPS) is 11.3. The maximum Gasteiger partial charge on any atom is 0.355 e. The van der Waals surface area contributed by atoms with Crippen LogP contribution in [0.25, 0.3) is 20.2 Å². The zero-order valence-corrected chi connectivity index (χ0v) is 29.0. The molecule has 0 aliphatic rings. The number of amides is 2. The Morgan fingerprint density at radius 1 is 0.771 bits per heavy atom. The molecule has 4 aromatic carbocycles. The molecule has 8 nitrogen and oxygen atoms in total. The lowest BCUT2D eigenvalue weighted by Gasteiger charge is -2.11. The quantitative estimate of drug-likeness (QED) is 0.0671. The molecule has 0 saturated carbocycles. The van der Waals surface area contributed by atoms with Gasteiger partial charge in [0.05, 0.1) is 22.9 Å². The highest BCUT2D eigenvalue weighted by Gasteiger charge is 2.21. The summed E-state index contributed by atoms with van der Waals surface area (Å²) in [5, 5.41) is 9.29. The van der Waals surface area contributed by atoms with Crippen LogP contribution in [-0.4, -0.2) is 30.6 Å². The number of hydrogen-bond acceptors (Lipinski definition) is 8. The van der Waals surface area contributed by atoms with Gasteiger partial charge in [0, 0.05) is 31.4 Å². The maximum atomic E-state index is 13.1. The van der Waals surface area contributed by atoms with E-state index in [-0.39, 0.29) is 11.7 Å². The van der Waals surface area contributed by atoms with E-state index in [2.05, 4.69) is 15.8 Å². The minimum atomic E-state index is -0.585. The summed E-state index contributed by atoms with van der Waals surface area (Å²) in [7, 11) is 0. The van der Waals surface area contributed by atoms with Crippen LogP contribution in [0.4, 0.5) is 5.69 Å². The average Bonchev–Trinajstić information content (AvgIpc) is 3.57. The van der Waals surface area contributed by atoms with Crippen molar-refractivity contribution in [3.05, 3.63) is 121 Å². The van der Waals surface area contributed by atoms with Gasteiger partial charge in [-0.25, -0.2) is 10.2 Å². The van der Waals surface area contributed by atoms with Gasteiger partial charge in [0.15, 0.2) is 11.5 Å². The number of hydrogen-bond donors (Lipinski definition) is 2. The molecule has 6 aromatic rings. The summed E-state index contributed by atoms with van der Waals surface area (Å²) in [6.07, 6.45) is 1.45. The SMILES string of the molecule is CCOc1cc(/C=N\NC(=O)c2ccc(NC(=O)c3sc4cc(C)ccc4c3Cl)cc2)ccc1OC(=O)c1sc2cc(C)ccc2c1Cl. The molecule has 12 heteroatoms. The summed E-state index contributed by atoms with van der Waals surface area (Å²) >= 11 is 15.6. The number of aryl methyl sites for hydroxylation is 2. The molecule has 2 heterocycles. The number of anilines is 1. The van der Waals surface area contributed by atoms with Crippen LogP contribution in [0, 0.1) is 13.8 Å². The molecule has 2 N–H and O–H groups in total. The Morgan fingerprint density at radius 2 is 1.40 bits per heavy atom. The van der Waals surface area contributed by atoms with Crippen LogP contribution in [-0.2, 0) is 0 Å². The highest BCUT2D eigenvalue weighted by Crippen LogP contribution is 2.38. The Kier molecular flexibility index (Phi) is 9.79. The number of carbonyl (C=O) groups is 3. The average molecular weight is 717 g/mol. The van der Waals surface area contributed by atoms with Gasteiger partial charge in [0.1, 0.15) is 9.75 Å². The number of benzene rings is 4. The number of esters is 1. The largest absolute Gasteiger partial charge is 0.490 e. The molecule has 0 fully saturated rings. The van der Waals surface area contributed by atoms with Crippen molar-refractivity contribution in [2.75, 3.05) is 11.9 Å².